The van der Waals surface area contributed by atoms with Gasteiger partial charge in [-0.3, -0.25) is 9.36 Å². The van der Waals surface area contributed by atoms with Gasteiger partial charge in [-0.05, 0) is 48.9 Å². The van der Waals surface area contributed by atoms with Crippen LogP contribution in [0.25, 0.3) is 33.3 Å². The summed E-state index contributed by atoms with van der Waals surface area (Å²) >= 11 is 6.67. The van der Waals surface area contributed by atoms with E-state index in [4.69, 9.17) is 16.6 Å². The zero-order chi connectivity index (χ0) is 26.8. The Morgan fingerprint density at radius 1 is 0.949 bits per heavy atom. The normalized spacial score (nSPS) is 13.5. The lowest BCUT2D eigenvalue weighted by atomic mass is 10.0. The standard InChI is InChI=1S/C29H27ClN8O/c1-2-38-27-20(13-25(28(38)39)24-8-3-19(14-26(24)30)21-15-32-18-33-16-21)17-34-29(36-27)35-22-4-6-23(7-5-22)37-11-9-31-10-12-37/h3-8,13-18,31H,2,9-12H2,1H3,(H,34,35,36). The van der Waals surface area contributed by atoms with E-state index in [1.165, 1.54) is 12.0 Å². The van der Waals surface area contributed by atoms with Crippen LogP contribution in [-0.4, -0.2) is 50.7 Å². The molecule has 196 valence electrons. The molecule has 0 saturated carbocycles. The summed E-state index contributed by atoms with van der Waals surface area (Å²) in [6.07, 6.45) is 6.66. The Kier molecular flexibility index (Phi) is 6.91. The van der Waals surface area contributed by atoms with Crippen molar-refractivity contribution in [1.82, 2.24) is 29.8 Å². The predicted octanol–water partition coefficient (Wildman–Crippen LogP) is 4.74. The Morgan fingerprint density at radius 3 is 2.44 bits per heavy atom. The van der Waals surface area contributed by atoms with E-state index >= 15 is 0 Å². The second-order valence-corrected chi connectivity index (χ2v) is 9.72. The van der Waals surface area contributed by atoms with Crippen LogP contribution in [0.3, 0.4) is 0 Å². The van der Waals surface area contributed by atoms with Crippen LogP contribution in [0.4, 0.5) is 17.3 Å². The zero-order valence-electron chi connectivity index (χ0n) is 21.4. The molecule has 10 heteroatoms. The van der Waals surface area contributed by atoms with E-state index in [1.54, 1.807) is 23.2 Å². The Bertz CT molecular complexity index is 1680. The fourth-order valence-corrected chi connectivity index (χ4v) is 5.16. The lowest BCUT2D eigenvalue weighted by Crippen LogP contribution is -2.43. The summed E-state index contributed by atoms with van der Waals surface area (Å²) in [4.78, 5) is 33.3. The number of rotatable bonds is 6. The zero-order valence-corrected chi connectivity index (χ0v) is 22.2. The van der Waals surface area contributed by atoms with Crippen molar-refractivity contribution in [1.29, 1.82) is 0 Å². The second-order valence-electron chi connectivity index (χ2n) is 9.31. The van der Waals surface area contributed by atoms with Gasteiger partial charge in [0.25, 0.3) is 5.56 Å². The third-order valence-electron chi connectivity index (χ3n) is 6.90. The number of nitrogens with zero attached hydrogens (tertiary/aromatic N) is 6. The molecule has 1 aliphatic heterocycles. The van der Waals surface area contributed by atoms with Crippen LogP contribution in [0.5, 0.6) is 0 Å². The minimum absolute atomic E-state index is 0.160. The minimum Gasteiger partial charge on any atom is -0.369 e. The first kappa shape index (κ1) is 25.0. The van der Waals surface area contributed by atoms with Gasteiger partial charge in [-0.15, -0.1) is 0 Å². The van der Waals surface area contributed by atoms with Crippen LogP contribution >= 0.6 is 11.6 Å². The summed E-state index contributed by atoms with van der Waals surface area (Å²) in [7, 11) is 0. The van der Waals surface area contributed by atoms with Crippen LogP contribution in [0.1, 0.15) is 6.92 Å². The molecule has 2 N–H and O–H groups in total. The number of fused-ring (bicyclic) bond motifs is 1. The molecule has 1 fully saturated rings. The largest absolute Gasteiger partial charge is 0.369 e. The van der Waals surface area contributed by atoms with Gasteiger partial charge in [0.2, 0.25) is 5.95 Å². The van der Waals surface area contributed by atoms with Crippen LogP contribution in [-0.2, 0) is 6.54 Å². The molecule has 0 radical (unpaired) electrons. The average molecular weight is 539 g/mol. The first-order valence-electron chi connectivity index (χ1n) is 12.9. The lowest BCUT2D eigenvalue weighted by molar-refractivity contribution is 0.589. The highest BCUT2D eigenvalue weighted by molar-refractivity contribution is 6.33. The first-order valence-corrected chi connectivity index (χ1v) is 13.3. The third kappa shape index (κ3) is 5.06. The number of nitrogens with one attached hydrogen (secondary N) is 2. The van der Waals surface area contributed by atoms with E-state index < -0.39 is 0 Å². The third-order valence-corrected chi connectivity index (χ3v) is 7.21. The topological polar surface area (TPSA) is 101 Å². The van der Waals surface area contributed by atoms with Gasteiger partial charge in [0, 0.05) is 89.8 Å². The van der Waals surface area contributed by atoms with Gasteiger partial charge in [-0.2, -0.15) is 4.98 Å². The number of piperazine rings is 1. The molecule has 6 rings (SSSR count). The van der Waals surface area contributed by atoms with Crippen molar-refractivity contribution in [3.63, 3.8) is 0 Å². The van der Waals surface area contributed by atoms with Crippen molar-refractivity contribution in [2.45, 2.75) is 13.5 Å². The van der Waals surface area contributed by atoms with Crippen LogP contribution in [0.2, 0.25) is 5.02 Å². The number of hydrogen-bond donors (Lipinski definition) is 2. The molecule has 0 spiro atoms. The molecular formula is C29H27ClN8O. The number of pyridine rings is 1. The van der Waals surface area contributed by atoms with Gasteiger partial charge < -0.3 is 15.5 Å². The Morgan fingerprint density at radius 2 is 1.72 bits per heavy atom. The van der Waals surface area contributed by atoms with Gasteiger partial charge in [0.1, 0.15) is 12.0 Å². The fourth-order valence-electron chi connectivity index (χ4n) is 4.87. The number of aryl methyl sites for hydroxylation is 1. The van der Waals surface area contributed by atoms with Gasteiger partial charge >= 0.3 is 0 Å². The van der Waals surface area contributed by atoms with Gasteiger partial charge in [0.15, 0.2) is 0 Å². The van der Waals surface area contributed by atoms with Gasteiger partial charge in [-0.25, -0.2) is 15.0 Å². The van der Waals surface area contributed by atoms with Crippen LogP contribution < -0.4 is 21.1 Å². The van der Waals surface area contributed by atoms with Crippen molar-refractivity contribution in [2.24, 2.45) is 0 Å². The molecule has 4 heterocycles. The van der Waals surface area contributed by atoms with Crippen LogP contribution in [0.15, 0.2) is 78.2 Å². The van der Waals surface area contributed by atoms with Crippen molar-refractivity contribution >= 4 is 40.0 Å². The molecule has 1 aliphatic rings. The summed E-state index contributed by atoms with van der Waals surface area (Å²) in [6, 6.07) is 15.6. The smallest absolute Gasteiger partial charge is 0.260 e. The molecule has 5 aromatic rings. The lowest BCUT2D eigenvalue weighted by Gasteiger charge is -2.29. The molecule has 0 amide bonds. The SMILES string of the molecule is CCn1c(=O)c(-c2ccc(-c3cncnc3)cc2Cl)cc2cnc(Nc3ccc(N4CCNCC4)cc3)nc21. The monoisotopic (exact) mass is 538 g/mol. The molecule has 39 heavy (non-hydrogen) atoms. The fraction of sp³-hybridized carbons (Fsp3) is 0.207. The first-order chi connectivity index (χ1) is 19.1. The van der Waals surface area contributed by atoms with E-state index in [0.29, 0.717) is 34.3 Å². The predicted molar refractivity (Wildman–Crippen MR) is 156 cm³/mol. The maximum Gasteiger partial charge on any atom is 0.260 e. The maximum atomic E-state index is 13.6. The quantitative estimate of drug-likeness (QED) is 0.320. The molecule has 3 aromatic heterocycles. The second kappa shape index (κ2) is 10.8. The highest BCUT2D eigenvalue weighted by Gasteiger charge is 2.16. The molecule has 0 bridgehead atoms. The number of anilines is 3. The van der Waals surface area contributed by atoms with Crippen molar-refractivity contribution in [2.75, 3.05) is 36.4 Å². The number of aromatic nitrogens is 5. The molecule has 1 saturated heterocycles. The van der Waals surface area contributed by atoms with Crippen molar-refractivity contribution in [3.8, 4) is 22.3 Å². The van der Waals surface area contributed by atoms with E-state index in [9.17, 15) is 4.79 Å². The molecule has 0 atom stereocenters. The minimum atomic E-state index is -0.160. The van der Waals surface area contributed by atoms with Crippen LogP contribution in [0, 0.1) is 0 Å². The van der Waals surface area contributed by atoms with E-state index in [0.717, 1.165) is 48.4 Å². The van der Waals surface area contributed by atoms with E-state index in [2.05, 4.69) is 42.6 Å². The molecule has 2 aromatic carbocycles. The Hall–Kier alpha value is -4.34. The molecule has 9 nitrogen and oxygen atoms in total. The van der Waals surface area contributed by atoms with Crippen molar-refractivity contribution in [3.05, 3.63) is 88.8 Å². The summed E-state index contributed by atoms with van der Waals surface area (Å²) in [5.74, 6) is 0.430. The van der Waals surface area contributed by atoms with Gasteiger partial charge in [-0.1, -0.05) is 23.7 Å². The Labute approximate surface area is 230 Å². The molecule has 0 aliphatic carbocycles. The number of benzene rings is 2. The summed E-state index contributed by atoms with van der Waals surface area (Å²) in [5.41, 5.74) is 5.35. The van der Waals surface area contributed by atoms with Gasteiger partial charge in [0.05, 0.1) is 0 Å². The summed E-state index contributed by atoms with van der Waals surface area (Å²) in [5, 5.41) is 7.87. The van der Waals surface area contributed by atoms with E-state index in [-0.39, 0.29) is 5.56 Å². The number of halogens is 1. The highest BCUT2D eigenvalue weighted by Crippen LogP contribution is 2.32. The highest BCUT2D eigenvalue weighted by atomic mass is 35.5. The summed E-state index contributed by atoms with van der Waals surface area (Å²) < 4.78 is 1.65. The molecule has 0 unspecified atom stereocenters. The Balaban J connectivity index is 1.30. The van der Waals surface area contributed by atoms with E-state index in [1.807, 2.05) is 43.3 Å². The van der Waals surface area contributed by atoms with Crippen molar-refractivity contribution < 1.29 is 0 Å². The average Bonchev–Trinajstić information content (AvgIpc) is 2.98. The number of hydrogen-bond acceptors (Lipinski definition) is 8. The molecular weight excluding hydrogens is 512 g/mol. The summed E-state index contributed by atoms with van der Waals surface area (Å²) in [6.45, 7) is 6.35. The maximum absolute atomic E-state index is 13.6.